The van der Waals surface area contributed by atoms with E-state index in [-0.39, 0.29) is 17.2 Å². The van der Waals surface area contributed by atoms with Crippen LogP contribution >= 0.6 is 0 Å². The zero-order valence-corrected chi connectivity index (χ0v) is 11.1. The molecule has 0 amide bonds. The number of nitro benzene ring substituents is 1. The van der Waals surface area contributed by atoms with Crippen LogP contribution in [-0.4, -0.2) is 19.9 Å². The van der Waals surface area contributed by atoms with E-state index < -0.39 is 15.0 Å². The average molecular weight is 285 g/mol. The molecule has 0 saturated heterocycles. The summed E-state index contributed by atoms with van der Waals surface area (Å²) in [5.74, 6) is 0.299. The van der Waals surface area contributed by atoms with Crippen LogP contribution in [0.2, 0.25) is 0 Å². The van der Waals surface area contributed by atoms with Crippen molar-refractivity contribution in [1.29, 1.82) is 0 Å². The minimum absolute atomic E-state index is 0.0453. The number of hydrogen-bond donors (Lipinski definition) is 0. The van der Waals surface area contributed by atoms with E-state index in [1.807, 2.05) is 0 Å². The quantitative estimate of drug-likeness (QED) is 0.471. The molecule has 1 aliphatic rings. The van der Waals surface area contributed by atoms with E-state index >= 15 is 0 Å². The summed E-state index contributed by atoms with van der Waals surface area (Å²) in [6.07, 6.45) is 4.22. The highest BCUT2D eigenvalue weighted by Crippen LogP contribution is 2.26. The topological polar surface area (TPSA) is 86.5 Å². The minimum Gasteiger partial charge on any atom is -0.266 e. The number of nitro groups is 1. The highest BCUT2D eigenvalue weighted by atomic mass is 32.2. The lowest BCUT2D eigenvalue weighted by Gasteiger charge is -2.09. The summed E-state index contributed by atoms with van der Waals surface area (Å²) in [6.45, 7) is 0.194. The van der Waals surface area contributed by atoms with Crippen molar-refractivity contribution in [3.05, 3.63) is 34.4 Å². The molecule has 104 valence electrons. The van der Waals surface area contributed by atoms with Crippen LogP contribution in [0, 0.1) is 16.0 Å². The maximum atomic E-state index is 11.9. The van der Waals surface area contributed by atoms with E-state index in [0.717, 1.165) is 37.8 Å². The molecule has 1 fully saturated rings. The second-order valence-corrected chi connectivity index (χ2v) is 6.26. The Morgan fingerprint density at radius 3 is 2.32 bits per heavy atom. The Balaban J connectivity index is 2.03. The second kappa shape index (κ2) is 5.66. The minimum atomic E-state index is -3.81. The van der Waals surface area contributed by atoms with Gasteiger partial charge in [-0.2, -0.15) is 8.42 Å². The van der Waals surface area contributed by atoms with Gasteiger partial charge in [0.2, 0.25) is 0 Å². The lowest BCUT2D eigenvalue weighted by Crippen LogP contribution is -2.12. The lowest BCUT2D eigenvalue weighted by atomic mass is 10.1. The van der Waals surface area contributed by atoms with Crippen LogP contribution < -0.4 is 0 Å². The molecule has 0 heterocycles. The molecule has 19 heavy (non-hydrogen) atoms. The van der Waals surface area contributed by atoms with Crippen LogP contribution in [0.25, 0.3) is 0 Å². The van der Waals surface area contributed by atoms with E-state index in [1.165, 1.54) is 12.1 Å². The summed E-state index contributed by atoms with van der Waals surface area (Å²) in [5, 5.41) is 10.5. The van der Waals surface area contributed by atoms with Crippen molar-refractivity contribution in [3.63, 3.8) is 0 Å². The van der Waals surface area contributed by atoms with Crippen molar-refractivity contribution < 1.29 is 17.5 Å². The summed E-state index contributed by atoms with van der Waals surface area (Å²) in [6, 6.07) is 4.71. The Bertz CT molecular complexity index is 546. The predicted molar refractivity (Wildman–Crippen MR) is 68.2 cm³/mol. The maximum Gasteiger partial charge on any atom is 0.296 e. The van der Waals surface area contributed by atoms with Gasteiger partial charge >= 0.3 is 0 Å². The first kappa shape index (κ1) is 14.0. The molecular weight excluding hydrogens is 270 g/mol. The SMILES string of the molecule is O=[N+]([O-])c1ccc(S(=O)(=O)OCC2CCCC2)cc1. The summed E-state index contributed by atoms with van der Waals surface area (Å²) < 4.78 is 28.8. The monoisotopic (exact) mass is 285 g/mol. The van der Waals surface area contributed by atoms with Gasteiger partial charge in [-0.3, -0.25) is 14.3 Å². The molecule has 6 nitrogen and oxygen atoms in total. The number of nitrogens with zero attached hydrogens (tertiary/aromatic N) is 1. The zero-order chi connectivity index (χ0) is 13.9. The molecule has 1 aromatic rings. The molecule has 1 aromatic carbocycles. The molecule has 0 spiro atoms. The van der Waals surface area contributed by atoms with Gasteiger partial charge in [-0.05, 0) is 30.9 Å². The van der Waals surface area contributed by atoms with Gasteiger partial charge in [0.1, 0.15) is 0 Å². The van der Waals surface area contributed by atoms with Gasteiger partial charge in [0.15, 0.2) is 0 Å². The molecule has 0 atom stereocenters. The standard InChI is InChI=1S/C12H15NO5S/c14-13(15)11-5-7-12(8-6-11)19(16,17)18-9-10-3-1-2-4-10/h5-8,10H,1-4,9H2. The highest BCUT2D eigenvalue weighted by Gasteiger charge is 2.21. The van der Waals surface area contributed by atoms with Crippen LogP contribution in [0.1, 0.15) is 25.7 Å². The Labute approximate surface area is 111 Å². The van der Waals surface area contributed by atoms with Crippen molar-refractivity contribution in [1.82, 2.24) is 0 Å². The van der Waals surface area contributed by atoms with Gasteiger partial charge in [0.05, 0.1) is 16.4 Å². The van der Waals surface area contributed by atoms with Gasteiger partial charge in [-0.1, -0.05) is 12.8 Å². The molecule has 0 bridgehead atoms. The molecule has 2 rings (SSSR count). The van der Waals surface area contributed by atoms with Crippen molar-refractivity contribution in [2.75, 3.05) is 6.61 Å². The van der Waals surface area contributed by atoms with E-state index in [1.54, 1.807) is 0 Å². The third-order valence-corrected chi connectivity index (χ3v) is 4.57. The van der Waals surface area contributed by atoms with Crippen LogP contribution in [0.5, 0.6) is 0 Å². The highest BCUT2D eigenvalue weighted by molar-refractivity contribution is 7.86. The number of hydrogen-bond acceptors (Lipinski definition) is 5. The van der Waals surface area contributed by atoms with Crippen molar-refractivity contribution in [2.45, 2.75) is 30.6 Å². The van der Waals surface area contributed by atoms with Crippen LogP contribution in [-0.2, 0) is 14.3 Å². The van der Waals surface area contributed by atoms with Crippen molar-refractivity contribution >= 4 is 15.8 Å². The van der Waals surface area contributed by atoms with E-state index in [2.05, 4.69) is 0 Å². The summed E-state index contributed by atoms with van der Waals surface area (Å²) in [5.41, 5.74) is -0.144. The van der Waals surface area contributed by atoms with Crippen molar-refractivity contribution in [2.24, 2.45) is 5.92 Å². The number of rotatable bonds is 5. The molecule has 0 aromatic heterocycles. The maximum absolute atomic E-state index is 11.9. The van der Waals surface area contributed by atoms with E-state index in [9.17, 15) is 18.5 Å². The molecule has 0 aliphatic heterocycles. The average Bonchev–Trinajstić information content (AvgIpc) is 2.90. The Morgan fingerprint density at radius 2 is 1.79 bits per heavy atom. The number of non-ortho nitro benzene ring substituents is 1. The summed E-state index contributed by atoms with van der Waals surface area (Å²) in [4.78, 5) is 9.87. The Kier molecular flexibility index (Phi) is 4.16. The van der Waals surface area contributed by atoms with Gasteiger partial charge in [0.25, 0.3) is 15.8 Å². The first-order valence-electron chi connectivity index (χ1n) is 6.13. The molecule has 0 radical (unpaired) electrons. The first-order valence-corrected chi connectivity index (χ1v) is 7.54. The fourth-order valence-corrected chi connectivity index (χ4v) is 3.14. The molecule has 1 aliphatic carbocycles. The van der Waals surface area contributed by atoms with E-state index in [4.69, 9.17) is 4.18 Å². The molecule has 1 saturated carbocycles. The first-order chi connectivity index (χ1) is 8.99. The van der Waals surface area contributed by atoms with Gasteiger partial charge in [-0.25, -0.2) is 0 Å². The van der Waals surface area contributed by atoms with Gasteiger partial charge < -0.3 is 0 Å². The Morgan fingerprint density at radius 1 is 1.21 bits per heavy atom. The largest absolute Gasteiger partial charge is 0.296 e. The molecule has 0 unspecified atom stereocenters. The fraction of sp³-hybridized carbons (Fsp3) is 0.500. The lowest BCUT2D eigenvalue weighted by molar-refractivity contribution is -0.384. The third-order valence-electron chi connectivity index (χ3n) is 3.27. The fourth-order valence-electron chi connectivity index (χ4n) is 2.17. The Hall–Kier alpha value is -1.47. The van der Waals surface area contributed by atoms with E-state index in [0.29, 0.717) is 5.92 Å². The van der Waals surface area contributed by atoms with Gasteiger partial charge in [0, 0.05) is 12.1 Å². The second-order valence-electron chi connectivity index (χ2n) is 4.64. The smallest absolute Gasteiger partial charge is 0.266 e. The zero-order valence-electron chi connectivity index (χ0n) is 10.3. The normalized spacial score (nSPS) is 16.6. The third kappa shape index (κ3) is 3.51. The van der Waals surface area contributed by atoms with Gasteiger partial charge in [-0.15, -0.1) is 0 Å². The molecule has 7 heteroatoms. The van der Waals surface area contributed by atoms with Crippen LogP contribution in [0.3, 0.4) is 0 Å². The molecular formula is C12H15NO5S. The predicted octanol–water partition coefficient (Wildman–Crippen LogP) is 2.49. The summed E-state index contributed by atoms with van der Waals surface area (Å²) in [7, 11) is -3.81. The van der Waals surface area contributed by atoms with Crippen LogP contribution in [0.15, 0.2) is 29.2 Å². The van der Waals surface area contributed by atoms with Crippen LogP contribution in [0.4, 0.5) is 5.69 Å². The van der Waals surface area contributed by atoms with Crippen molar-refractivity contribution in [3.8, 4) is 0 Å². The summed E-state index contributed by atoms with van der Waals surface area (Å²) >= 11 is 0. The number of benzene rings is 1. The molecule has 0 N–H and O–H groups in total.